The van der Waals surface area contributed by atoms with Crippen molar-refractivity contribution in [3.63, 3.8) is 0 Å². The topological polar surface area (TPSA) is 32.3 Å². The predicted octanol–water partition coefficient (Wildman–Crippen LogP) is 3.94. The Morgan fingerprint density at radius 3 is 2.79 bits per heavy atom. The Kier molecular flexibility index (Phi) is 4.07. The van der Waals surface area contributed by atoms with E-state index < -0.39 is 0 Å². The fourth-order valence-corrected chi connectivity index (χ4v) is 3.78. The van der Waals surface area contributed by atoms with Crippen molar-refractivity contribution < 1.29 is 5.11 Å². The minimum Gasteiger partial charge on any atom is -0.508 e. The number of hydrogen-bond acceptors (Lipinski definition) is 2. The number of nitrogens with one attached hydrogen (secondary N) is 1. The molecule has 0 heterocycles. The van der Waals surface area contributed by atoms with E-state index in [1.54, 1.807) is 0 Å². The van der Waals surface area contributed by atoms with E-state index >= 15 is 0 Å². The van der Waals surface area contributed by atoms with Gasteiger partial charge in [-0.3, -0.25) is 0 Å². The molecule has 0 radical (unpaired) electrons. The van der Waals surface area contributed by atoms with Crippen LogP contribution in [0.5, 0.6) is 5.75 Å². The zero-order valence-corrected chi connectivity index (χ0v) is 11.7. The number of aromatic hydroxyl groups is 1. The second-order valence-electron chi connectivity index (χ2n) is 6.18. The smallest absolute Gasteiger partial charge is 0.119 e. The Balaban J connectivity index is 1.51. The number of rotatable bonds is 4. The maximum atomic E-state index is 9.85. The van der Waals surface area contributed by atoms with Crippen molar-refractivity contribution in [3.05, 3.63) is 29.3 Å². The van der Waals surface area contributed by atoms with Crippen LogP contribution in [-0.4, -0.2) is 11.7 Å². The van der Waals surface area contributed by atoms with Gasteiger partial charge in [0, 0.05) is 6.04 Å². The van der Waals surface area contributed by atoms with Crippen LogP contribution in [0.1, 0.15) is 62.1 Å². The summed E-state index contributed by atoms with van der Waals surface area (Å²) in [5.41, 5.74) is 2.49. The maximum Gasteiger partial charge on any atom is 0.119 e. The zero-order chi connectivity index (χ0) is 13.1. The molecule has 2 N–H and O–H groups in total. The molecular weight excluding hydrogens is 234 g/mol. The van der Waals surface area contributed by atoms with Gasteiger partial charge in [-0.15, -0.1) is 0 Å². The van der Waals surface area contributed by atoms with Gasteiger partial charge in [-0.2, -0.15) is 0 Å². The summed E-state index contributed by atoms with van der Waals surface area (Å²) in [6.07, 6.45) is 10.7. The van der Waals surface area contributed by atoms with E-state index in [0.29, 0.717) is 11.8 Å². The third-order valence-electron chi connectivity index (χ3n) is 4.91. The molecule has 2 aliphatic rings. The second-order valence-corrected chi connectivity index (χ2v) is 6.18. The number of benzene rings is 1. The van der Waals surface area contributed by atoms with Crippen LogP contribution in [-0.2, 0) is 6.42 Å². The van der Waals surface area contributed by atoms with E-state index in [2.05, 4.69) is 11.4 Å². The molecule has 0 saturated heterocycles. The molecule has 1 saturated carbocycles. The van der Waals surface area contributed by atoms with Crippen LogP contribution in [0, 0.1) is 5.92 Å². The van der Waals surface area contributed by atoms with Crippen LogP contribution in [0.3, 0.4) is 0 Å². The maximum absolute atomic E-state index is 9.85. The van der Waals surface area contributed by atoms with E-state index in [0.717, 1.165) is 30.9 Å². The highest BCUT2D eigenvalue weighted by molar-refractivity contribution is 5.44. The van der Waals surface area contributed by atoms with E-state index in [-0.39, 0.29) is 0 Å². The van der Waals surface area contributed by atoms with Gasteiger partial charge < -0.3 is 10.4 Å². The molecule has 19 heavy (non-hydrogen) atoms. The minimum atomic E-state index is 0.464. The third-order valence-corrected chi connectivity index (χ3v) is 4.91. The summed E-state index contributed by atoms with van der Waals surface area (Å²) in [6.45, 7) is 1.13. The van der Waals surface area contributed by atoms with Crippen LogP contribution in [0.2, 0.25) is 0 Å². The van der Waals surface area contributed by atoms with Crippen LogP contribution < -0.4 is 5.32 Å². The molecule has 1 fully saturated rings. The average molecular weight is 259 g/mol. The summed E-state index contributed by atoms with van der Waals surface area (Å²) in [6, 6.07) is 6.41. The van der Waals surface area contributed by atoms with Gasteiger partial charge in [0.05, 0.1) is 0 Å². The molecule has 0 spiro atoms. The lowest BCUT2D eigenvalue weighted by Gasteiger charge is -2.22. The van der Waals surface area contributed by atoms with Crippen LogP contribution in [0.15, 0.2) is 18.2 Å². The highest BCUT2D eigenvalue weighted by atomic mass is 16.3. The lowest BCUT2D eigenvalue weighted by atomic mass is 9.87. The van der Waals surface area contributed by atoms with Crippen molar-refractivity contribution in [1.82, 2.24) is 5.32 Å². The molecule has 0 aromatic heterocycles. The van der Waals surface area contributed by atoms with Gasteiger partial charge in [0.15, 0.2) is 0 Å². The summed E-state index contributed by atoms with van der Waals surface area (Å²) in [7, 11) is 0. The lowest BCUT2D eigenvalue weighted by molar-refractivity contribution is 0.327. The van der Waals surface area contributed by atoms with E-state index in [1.807, 2.05) is 12.1 Å². The molecule has 2 heteroatoms. The summed E-state index contributed by atoms with van der Waals surface area (Å²) in [5, 5.41) is 13.6. The van der Waals surface area contributed by atoms with Gasteiger partial charge >= 0.3 is 0 Å². The molecule has 1 unspecified atom stereocenters. The summed E-state index contributed by atoms with van der Waals surface area (Å²) in [4.78, 5) is 0. The van der Waals surface area contributed by atoms with E-state index in [9.17, 15) is 5.11 Å². The van der Waals surface area contributed by atoms with Gasteiger partial charge in [0.2, 0.25) is 0 Å². The first kappa shape index (κ1) is 13.0. The molecule has 104 valence electrons. The SMILES string of the molecule is Oc1cccc2c1CCC2NCCC1CCCCC1. The Hall–Kier alpha value is -1.02. The van der Waals surface area contributed by atoms with Crippen LogP contribution in [0.25, 0.3) is 0 Å². The van der Waals surface area contributed by atoms with Gasteiger partial charge in [0.25, 0.3) is 0 Å². The standard InChI is InChI=1S/C17H25NO/c19-17-8-4-7-14-15(17)9-10-16(14)18-12-11-13-5-2-1-3-6-13/h4,7-8,13,16,18-19H,1-3,5-6,9-12H2. The summed E-state index contributed by atoms with van der Waals surface area (Å²) in [5.74, 6) is 1.43. The fraction of sp³-hybridized carbons (Fsp3) is 0.647. The quantitative estimate of drug-likeness (QED) is 0.858. The first-order valence-electron chi connectivity index (χ1n) is 7.89. The molecule has 0 amide bonds. The fourth-order valence-electron chi connectivity index (χ4n) is 3.78. The van der Waals surface area contributed by atoms with Crippen molar-refractivity contribution in [3.8, 4) is 5.75 Å². The predicted molar refractivity (Wildman–Crippen MR) is 78.4 cm³/mol. The van der Waals surface area contributed by atoms with Crippen LogP contribution >= 0.6 is 0 Å². The third kappa shape index (κ3) is 2.94. The monoisotopic (exact) mass is 259 g/mol. The normalized spacial score (nSPS) is 23.5. The molecule has 1 aromatic carbocycles. The first-order chi connectivity index (χ1) is 9.34. The Bertz CT molecular complexity index is 423. The Morgan fingerprint density at radius 2 is 1.95 bits per heavy atom. The van der Waals surface area contributed by atoms with Crippen LogP contribution in [0.4, 0.5) is 0 Å². The molecular formula is C17H25NO. The van der Waals surface area contributed by atoms with E-state index in [4.69, 9.17) is 0 Å². The van der Waals surface area contributed by atoms with Crippen molar-refractivity contribution in [1.29, 1.82) is 0 Å². The van der Waals surface area contributed by atoms with Crippen molar-refractivity contribution in [2.24, 2.45) is 5.92 Å². The largest absolute Gasteiger partial charge is 0.508 e. The highest BCUT2D eigenvalue weighted by Crippen LogP contribution is 2.36. The molecule has 2 aliphatic carbocycles. The Morgan fingerprint density at radius 1 is 1.11 bits per heavy atom. The molecule has 2 nitrogen and oxygen atoms in total. The minimum absolute atomic E-state index is 0.464. The molecule has 1 aromatic rings. The average Bonchev–Trinajstić information content (AvgIpc) is 2.85. The van der Waals surface area contributed by atoms with Crippen molar-refractivity contribution in [2.45, 2.75) is 57.4 Å². The molecule has 0 bridgehead atoms. The first-order valence-corrected chi connectivity index (χ1v) is 7.89. The molecule has 1 atom stereocenters. The number of phenols is 1. The molecule has 0 aliphatic heterocycles. The van der Waals surface area contributed by atoms with Gasteiger partial charge in [0.1, 0.15) is 5.75 Å². The highest BCUT2D eigenvalue weighted by Gasteiger charge is 2.24. The summed E-state index contributed by atoms with van der Waals surface area (Å²) >= 11 is 0. The van der Waals surface area contributed by atoms with Gasteiger partial charge in [-0.05, 0) is 48.9 Å². The van der Waals surface area contributed by atoms with Crippen molar-refractivity contribution in [2.75, 3.05) is 6.54 Å². The summed E-state index contributed by atoms with van der Waals surface area (Å²) < 4.78 is 0. The second kappa shape index (κ2) is 5.96. The van der Waals surface area contributed by atoms with Gasteiger partial charge in [-0.25, -0.2) is 0 Å². The molecule has 3 rings (SSSR count). The van der Waals surface area contributed by atoms with Crippen molar-refractivity contribution >= 4 is 0 Å². The Labute approximate surface area is 116 Å². The number of phenolic OH excluding ortho intramolecular Hbond substituents is 1. The number of hydrogen-bond donors (Lipinski definition) is 2. The zero-order valence-electron chi connectivity index (χ0n) is 11.7. The van der Waals surface area contributed by atoms with Gasteiger partial charge in [-0.1, -0.05) is 44.2 Å². The lowest BCUT2D eigenvalue weighted by Crippen LogP contribution is -2.23. The number of fused-ring (bicyclic) bond motifs is 1. The van der Waals surface area contributed by atoms with E-state index in [1.165, 1.54) is 44.1 Å².